The van der Waals surface area contributed by atoms with Gasteiger partial charge in [0, 0.05) is 25.8 Å². The van der Waals surface area contributed by atoms with Gasteiger partial charge in [-0.05, 0) is 19.3 Å². The molecule has 1 N–H and O–H groups in total. The predicted molar refractivity (Wildman–Crippen MR) is 131 cm³/mol. The quantitative estimate of drug-likeness (QED) is 0.111. The molecule has 11 heteroatoms. The number of nitrogens with one attached hydrogen (secondary N) is 1. The van der Waals surface area contributed by atoms with E-state index in [4.69, 9.17) is 28.4 Å². The highest BCUT2D eigenvalue weighted by atomic mass is 16.6. The normalized spacial score (nSPS) is 18.1. The van der Waals surface area contributed by atoms with Crippen LogP contribution < -0.4 is 5.32 Å². The molecule has 2 aliphatic carbocycles. The van der Waals surface area contributed by atoms with Gasteiger partial charge in [-0.1, -0.05) is 12.3 Å². The molecule has 0 aromatic rings. The highest BCUT2D eigenvalue weighted by molar-refractivity contribution is 6.12. The van der Waals surface area contributed by atoms with Crippen molar-refractivity contribution < 1.29 is 47.6 Å². The Balaban J connectivity index is 1.29. The van der Waals surface area contributed by atoms with Gasteiger partial charge in [-0.15, -0.1) is 5.92 Å². The van der Waals surface area contributed by atoms with Gasteiger partial charge in [0.15, 0.2) is 11.6 Å². The van der Waals surface area contributed by atoms with E-state index < -0.39 is 12.1 Å². The lowest BCUT2D eigenvalue weighted by Gasteiger charge is -2.13. The third kappa shape index (κ3) is 14.8. The summed E-state index contributed by atoms with van der Waals surface area (Å²) in [7, 11) is 0. The maximum absolute atomic E-state index is 11.8. The summed E-state index contributed by atoms with van der Waals surface area (Å²) in [6.45, 7) is 3.14. The van der Waals surface area contributed by atoms with E-state index in [1.165, 1.54) is 0 Å². The van der Waals surface area contributed by atoms with Crippen LogP contribution in [0.3, 0.4) is 0 Å². The summed E-state index contributed by atoms with van der Waals surface area (Å²) in [5.41, 5.74) is 0. The molecule has 0 saturated heterocycles. The summed E-state index contributed by atoms with van der Waals surface area (Å²) in [5, 5.41) is 2.75. The molecule has 0 aromatic heterocycles. The highest BCUT2D eigenvalue weighted by Crippen LogP contribution is 2.14. The lowest BCUT2D eigenvalue weighted by molar-refractivity contribution is -0.158. The monoisotopic (exact) mass is 525 g/mol. The van der Waals surface area contributed by atoms with E-state index >= 15 is 0 Å². The molecule has 1 atom stereocenters. The fourth-order valence-corrected chi connectivity index (χ4v) is 3.52. The zero-order chi connectivity index (χ0) is 26.6. The number of hydrogen-bond acceptors (Lipinski definition) is 10. The summed E-state index contributed by atoms with van der Waals surface area (Å²) in [6, 6.07) is 0. The lowest BCUT2D eigenvalue weighted by Crippen LogP contribution is -2.32. The number of hydrogen-bond donors (Lipinski definition) is 1. The second-order valence-electron chi connectivity index (χ2n) is 8.57. The number of amides is 1. The van der Waals surface area contributed by atoms with Crippen LogP contribution in [0.1, 0.15) is 51.4 Å². The first kappa shape index (κ1) is 30.9. The average Bonchev–Trinajstić information content (AvgIpc) is 3.17. The molecule has 2 rings (SSSR count). The zero-order valence-corrected chi connectivity index (χ0v) is 21.5. The minimum atomic E-state index is -1.23. The molecular formula is C26H39NO10. The van der Waals surface area contributed by atoms with Crippen LogP contribution in [0.5, 0.6) is 0 Å². The molecule has 1 amide bonds. The van der Waals surface area contributed by atoms with E-state index in [1.54, 1.807) is 0 Å². The van der Waals surface area contributed by atoms with Crippen LogP contribution in [0.2, 0.25) is 0 Å². The molecule has 1 saturated carbocycles. The van der Waals surface area contributed by atoms with Crippen molar-refractivity contribution in [3.63, 3.8) is 0 Å². The van der Waals surface area contributed by atoms with Crippen LogP contribution >= 0.6 is 0 Å². The molecule has 0 bridgehead atoms. The Hall–Kier alpha value is -2.36. The Bertz CT molecular complexity index is 759. The van der Waals surface area contributed by atoms with Gasteiger partial charge in [0.2, 0.25) is 12.0 Å². The maximum atomic E-state index is 11.8. The molecule has 0 aliphatic heterocycles. The van der Waals surface area contributed by atoms with E-state index in [1.807, 2.05) is 0 Å². The van der Waals surface area contributed by atoms with Gasteiger partial charge in [-0.25, -0.2) is 0 Å². The van der Waals surface area contributed by atoms with Crippen LogP contribution in [-0.4, -0.2) is 102 Å². The molecule has 0 aromatic carbocycles. The zero-order valence-electron chi connectivity index (χ0n) is 21.5. The van der Waals surface area contributed by atoms with E-state index in [0.717, 1.165) is 32.1 Å². The van der Waals surface area contributed by atoms with Crippen molar-refractivity contribution >= 4 is 23.4 Å². The molecule has 11 nitrogen and oxygen atoms in total. The Morgan fingerprint density at radius 3 is 2.11 bits per heavy atom. The predicted octanol–water partition coefficient (Wildman–Crippen LogP) is 0.756. The van der Waals surface area contributed by atoms with Crippen LogP contribution in [0.4, 0.5) is 0 Å². The molecule has 2 aliphatic rings. The third-order valence-electron chi connectivity index (χ3n) is 5.53. The number of Topliss-reactive ketones (excluding diaryl/α,β-unsaturated/α-hetero) is 2. The SMILES string of the molecule is O=C(COC1C#CCCCCC1)NCCOCCOCCOCCOCCC(=O)OC1C(=O)CCC1=O. The van der Waals surface area contributed by atoms with Crippen molar-refractivity contribution in [2.24, 2.45) is 0 Å². The van der Waals surface area contributed by atoms with Crippen LogP contribution in [0, 0.1) is 11.8 Å². The Morgan fingerprint density at radius 2 is 1.43 bits per heavy atom. The lowest BCUT2D eigenvalue weighted by atomic mass is 10.1. The number of carbonyl (C=O) groups excluding carboxylic acids is 4. The minimum Gasteiger partial charge on any atom is -0.446 e. The summed E-state index contributed by atoms with van der Waals surface area (Å²) in [6.07, 6.45) is 3.98. The van der Waals surface area contributed by atoms with Gasteiger partial charge < -0.3 is 33.7 Å². The maximum Gasteiger partial charge on any atom is 0.309 e. The standard InChI is InChI=1S/C26H39NO10/c28-22-8-9-23(29)26(22)37-25(31)10-12-32-14-16-34-18-19-35-17-15-33-13-11-27-24(30)20-36-21-6-4-2-1-3-5-7-21/h21,26H,1-4,6,8-20H2,(H,27,30). The van der Waals surface area contributed by atoms with Crippen molar-refractivity contribution in [3.8, 4) is 11.8 Å². The number of esters is 1. The van der Waals surface area contributed by atoms with Gasteiger partial charge >= 0.3 is 5.97 Å². The van der Waals surface area contributed by atoms with Crippen molar-refractivity contribution in [2.45, 2.75) is 63.6 Å². The Morgan fingerprint density at radius 1 is 0.811 bits per heavy atom. The van der Waals surface area contributed by atoms with Crippen molar-refractivity contribution in [3.05, 3.63) is 0 Å². The van der Waals surface area contributed by atoms with Crippen molar-refractivity contribution in [1.29, 1.82) is 0 Å². The second-order valence-corrected chi connectivity index (χ2v) is 8.57. The first-order valence-electron chi connectivity index (χ1n) is 13.0. The van der Waals surface area contributed by atoms with E-state index in [-0.39, 0.29) is 56.1 Å². The largest absolute Gasteiger partial charge is 0.446 e. The summed E-state index contributed by atoms with van der Waals surface area (Å²) in [5.74, 6) is 4.67. The van der Waals surface area contributed by atoms with Crippen LogP contribution in [0.15, 0.2) is 0 Å². The first-order valence-corrected chi connectivity index (χ1v) is 13.0. The van der Waals surface area contributed by atoms with Gasteiger partial charge in [-0.2, -0.15) is 0 Å². The van der Waals surface area contributed by atoms with E-state index in [9.17, 15) is 19.2 Å². The molecule has 0 spiro atoms. The number of ether oxygens (including phenoxy) is 6. The molecule has 37 heavy (non-hydrogen) atoms. The smallest absolute Gasteiger partial charge is 0.309 e. The minimum absolute atomic E-state index is 0.00475. The molecule has 1 unspecified atom stereocenters. The third-order valence-corrected chi connectivity index (χ3v) is 5.53. The number of carbonyl (C=O) groups is 4. The van der Waals surface area contributed by atoms with Crippen molar-refractivity contribution in [1.82, 2.24) is 5.32 Å². The fraction of sp³-hybridized carbons (Fsp3) is 0.769. The topological polar surface area (TPSA) is 136 Å². The molecule has 208 valence electrons. The summed E-state index contributed by atoms with van der Waals surface area (Å²) < 4.78 is 31.9. The van der Waals surface area contributed by atoms with Gasteiger partial charge in [0.25, 0.3) is 0 Å². The molecule has 0 radical (unpaired) electrons. The number of ketones is 2. The molecule has 0 heterocycles. The Labute approximate surface area is 218 Å². The molecular weight excluding hydrogens is 486 g/mol. The van der Waals surface area contributed by atoms with Crippen LogP contribution in [0.25, 0.3) is 0 Å². The highest BCUT2D eigenvalue weighted by Gasteiger charge is 2.35. The Kier molecular flexibility index (Phi) is 16.4. The van der Waals surface area contributed by atoms with E-state index in [2.05, 4.69) is 17.2 Å². The van der Waals surface area contributed by atoms with Gasteiger partial charge in [-0.3, -0.25) is 19.2 Å². The average molecular weight is 526 g/mol. The first-order chi connectivity index (χ1) is 18.1. The number of rotatable bonds is 19. The van der Waals surface area contributed by atoms with Crippen molar-refractivity contribution in [2.75, 3.05) is 66.0 Å². The van der Waals surface area contributed by atoms with Gasteiger partial charge in [0.1, 0.15) is 12.7 Å². The van der Waals surface area contributed by atoms with E-state index in [0.29, 0.717) is 52.8 Å². The van der Waals surface area contributed by atoms with Gasteiger partial charge in [0.05, 0.1) is 59.3 Å². The second kappa shape index (κ2) is 19.7. The van der Waals surface area contributed by atoms with Crippen LogP contribution in [-0.2, 0) is 47.6 Å². The summed E-state index contributed by atoms with van der Waals surface area (Å²) in [4.78, 5) is 46.4. The summed E-state index contributed by atoms with van der Waals surface area (Å²) >= 11 is 0. The molecule has 1 fully saturated rings. The fourth-order valence-electron chi connectivity index (χ4n) is 3.52.